The average Bonchev–Trinajstić information content (AvgIpc) is 2.15. The highest BCUT2D eigenvalue weighted by atomic mass is 127. The molecule has 0 bridgehead atoms. The maximum atomic E-state index is 6.12. The number of hydrogen-bond acceptors (Lipinski definition) is 1. The van der Waals surface area contributed by atoms with E-state index in [1.165, 1.54) is 0 Å². The van der Waals surface area contributed by atoms with Gasteiger partial charge in [-0.15, -0.1) is 0 Å². The molecule has 16 heavy (non-hydrogen) atoms. The van der Waals surface area contributed by atoms with Crippen molar-refractivity contribution in [3.8, 4) is 11.3 Å². The summed E-state index contributed by atoms with van der Waals surface area (Å²) < 4.78 is 0.986. The largest absolute Gasteiger partial charge is 0.254 e. The van der Waals surface area contributed by atoms with Crippen LogP contribution in [0.3, 0.4) is 0 Å². The van der Waals surface area contributed by atoms with Gasteiger partial charge < -0.3 is 0 Å². The van der Waals surface area contributed by atoms with Gasteiger partial charge in [0.05, 0.1) is 10.7 Å². The van der Waals surface area contributed by atoms with Crippen molar-refractivity contribution < 1.29 is 0 Å². The minimum atomic E-state index is 0.568. The molecule has 0 saturated carbocycles. The molecule has 0 saturated heterocycles. The SMILES string of the molecule is Clc1cc(Cl)cc(-c2ncc(I)cc2Cl)c1. The van der Waals surface area contributed by atoms with E-state index >= 15 is 0 Å². The monoisotopic (exact) mass is 383 g/mol. The van der Waals surface area contributed by atoms with E-state index in [1.54, 1.807) is 24.4 Å². The summed E-state index contributed by atoms with van der Waals surface area (Å²) in [5.41, 5.74) is 1.50. The van der Waals surface area contributed by atoms with Crippen LogP contribution in [0.2, 0.25) is 15.1 Å². The molecule has 1 heterocycles. The topological polar surface area (TPSA) is 12.9 Å². The predicted molar refractivity (Wildman–Crippen MR) is 77.4 cm³/mol. The molecule has 1 nitrogen and oxygen atoms in total. The van der Waals surface area contributed by atoms with E-state index in [1.807, 2.05) is 6.07 Å². The second-order valence-electron chi connectivity index (χ2n) is 3.14. The summed E-state index contributed by atoms with van der Waals surface area (Å²) in [6, 6.07) is 7.09. The molecule has 2 aromatic rings. The van der Waals surface area contributed by atoms with E-state index in [2.05, 4.69) is 27.6 Å². The zero-order chi connectivity index (χ0) is 11.7. The third-order valence-corrected chi connectivity index (χ3v) is 3.26. The maximum absolute atomic E-state index is 6.12. The minimum Gasteiger partial charge on any atom is -0.254 e. The molecule has 0 aliphatic rings. The van der Waals surface area contributed by atoms with Crippen LogP contribution in [0.4, 0.5) is 0 Å². The van der Waals surface area contributed by atoms with Crippen LogP contribution >= 0.6 is 57.4 Å². The third-order valence-electron chi connectivity index (χ3n) is 1.94. The van der Waals surface area contributed by atoms with Gasteiger partial charge in [-0.25, -0.2) is 0 Å². The first-order valence-electron chi connectivity index (χ1n) is 4.34. The van der Waals surface area contributed by atoms with Gasteiger partial charge in [0.25, 0.3) is 0 Å². The van der Waals surface area contributed by atoms with Crippen LogP contribution in [0.25, 0.3) is 11.3 Å². The quantitative estimate of drug-likeness (QED) is 0.607. The smallest absolute Gasteiger partial charge is 0.0889 e. The van der Waals surface area contributed by atoms with Gasteiger partial charge in [-0.1, -0.05) is 34.8 Å². The van der Waals surface area contributed by atoms with Crippen molar-refractivity contribution in [1.82, 2.24) is 4.98 Å². The fourth-order valence-electron chi connectivity index (χ4n) is 1.32. The highest BCUT2D eigenvalue weighted by Gasteiger charge is 2.07. The van der Waals surface area contributed by atoms with Crippen LogP contribution < -0.4 is 0 Å². The van der Waals surface area contributed by atoms with Crippen LogP contribution in [-0.2, 0) is 0 Å². The Kier molecular flexibility index (Phi) is 3.95. The predicted octanol–water partition coefficient (Wildman–Crippen LogP) is 5.31. The first kappa shape index (κ1) is 12.4. The second-order valence-corrected chi connectivity index (χ2v) is 5.67. The lowest BCUT2D eigenvalue weighted by Crippen LogP contribution is -1.86. The molecule has 82 valence electrons. The van der Waals surface area contributed by atoms with Gasteiger partial charge in [0.1, 0.15) is 0 Å². The Labute approximate surface area is 122 Å². The standard InChI is InChI=1S/C11H5Cl3IN/c12-7-1-6(2-8(13)3-7)11-10(14)4-9(15)5-16-11/h1-5H. The molecular formula is C11H5Cl3IN. The Hall–Kier alpha value is -0.0300. The molecule has 0 aliphatic heterocycles. The zero-order valence-corrected chi connectivity index (χ0v) is 12.3. The highest BCUT2D eigenvalue weighted by molar-refractivity contribution is 14.1. The molecule has 0 spiro atoms. The molecule has 1 aromatic heterocycles. The summed E-state index contributed by atoms with van der Waals surface area (Å²) in [5, 5.41) is 1.73. The third kappa shape index (κ3) is 2.80. The van der Waals surface area contributed by atoms with Crippen molar-refractivity contribution in [3.05, 3.63) is 49.1 Å². The Morgan fingerprint density at radius 1 is 0.938 bits per heavy atom. The van der Waals surface area contributed by atoms with Crippen molar-refractivity contribution in [2.24, 2.45) is 0 Å². The lowest BCUT2D eigenvalue weighted by molar-refractivity contribution is 1.31. The summed E-state index contributed by atoms with van der Waals surface area (Å²) in [6.07, 6.45) is 1.75. The number of pyridine rings is 1. The number of hydrogen-bond donors (Lipinski definition) is 0. The average molecular weight is 384 g/mol. The molecule has 0 radical (unpaired) electrons. The molecular weight excluding hydrogens is 379 g/mol. The number of rotatable bonds is 1. The molecule has 2 rings (SSSR count). The Morgan fingerprint density at radius 3 is 2.12 bits per heavy atom. The van der Waals surface area contributed by atoms with Crippen LogP contribution in [0.15, 0.2) is 30.5 Å². The van der Waals surface area contributed by atoms with E-state index in [0.717, 1.165) is 9.13 Å². The van der Waals surface area contributed by atoms with Crippen molar-refractivity contribution in [1.29, 1.82) is 0 Å². The number of aromatic nitrogens is 1. The minimum absolute atomic E-state index is 0.568. The maximum Gasteiger partial charge on any atom is 0.0889 e. The summed E-state index contributed by atoms with van der Waals surface area (Å²) >= 11 is 20.1. The first-order chi connectivity index (χ1) is 7.56. The van der Waals surface area contributed by atoms with Gasteiger partial charge in [0, 0.05) is 25.4 Å². The summed E-state index contributed by atoms with van der Waals surface area (Å²) in [5.74, 6) is 0. The summed E-state index contributed by atoms with van der Waals surface area (Å²) in [4.78, 5) is 4.27. The molecule has 0 N–H and O–H groups in total. The van der Waals surface area contributed by atoms with E-state index in [-0.39, 0.29) is 0 Å². The van der Waals surface area contributed by atoms with Gasteiger partial charge in [0.2, 0.25) is 0 Å². The van der Waals surface area contributed by atoms with Gasteiger partial charge in [0.15, 0.2) is 0 Å². The van der Waals surface area contributed by atoms with Crippen molar-refractivity contribution in [3.63, 3.8) is 0 Å². The van der Waals surface area contributed by atoms with Crippen molar-refractivity contribution in [2.45, 2.75) is 0 Å². The zero-order valence-electron chi connectivity index (χ0n) is 7.85. The van der Waals surface area contributed by atoms with Crippen LogP contribution in [-0.4, -0.2) is 4.98 Å². The first-order valence-corrected chi connectivity index (χ1v) is 6.55. The molecule has 0 fully saturated rings. The Bertz CT molecular complexity index is 522. The Morgan fingerprint density at radius 2 is 1.56 bits per heavy atom. The lowest BCUT2D eigenvalue weighted by atomic mass is 10.1. The van der Waals surface area contributed by atoms with Crippen LogP contribution in [0.5, 0.6) is 0 Å². The number of halogens is 4. The summed E-state index contributed by atoms with van der Waals surface area (Å²) in [6.45, 7) is 0. The van der Waals surface area contributed by atoms with E-state index < -0.39 is 0 Å². The van der Waals surface area contributed by atoms with E-state index in [0.29, 0.717) is 20.8 Å². The van der Waals surface area contributed by atoms with Crippen molar-refractivity contribution >= 4 is 57.4 Å². The molecule has 0 atom stereocenters. The molecule has 0 unspecified atom stereocenters. The molecule has 1 aromatic carbocycles. The molecule has 0 aliphatic carbocycles. The fourth-order valence-corrected chi connectivity index (χ4v) is 2.75. The van der Waals surface area contributed by atoms with Gasteiger partial charge in [-0.2, -0.15) is 0 Å². The van der Waals surface area contributed by atoms with Gasteiger partial charge >= 0.3 is 0 Å². The van der Waals surface area contributed by atoms with E-state index in [9.17, 15) is 0 Å². The molecule has 0 amide bonds. The number of benzene rings is 1. The van der Waals surface area contributed by atoms with Crippen LogP contribution in [0, 0.1) is 3.57 Å². The van der Waals surface area contributed by atoms with Gasteiger partial charge in [-0.3, -0.25) is 4.98 Å². The highest BCUT2D eigenvalue weighted by Crippen LogP contribution is 2.31. The lowest BCUT2D eigenvalue weighted by Gasteiger charge is -2.05. The Balaban J connectivity index is 2.58. The number of nitrogens with zero attached hydrogens (tertiary/aromatic N) is 1. The summed E-state index contributed by atoms with van der Waals surface area (Å²) in [7, 11) is 0. The van der Waals surface area contributed by atoms with Crippen LogP contribution in [0.1, 0.15) is 0 Å². The normalized spacial score (nSPS) is 10.5. The second kappa shape index (κ2) is 5.08. The van der Waals surface area contributed by atoms with E-state index in [4.69, 9.17) is 34.8 Å². The molecule has 5 heteroatoms. The van der Waals surface area contributed by atoms with Crippen molar-refractivity contribution in [2.75, 3.05) is 0 Å². The van der Waals surface area contributed by atoms with Gasteiger partial charge in [-0.05, 0) is 46.9 Å². The fraction of sp³-hybridized carbons (Fsp3) is 0.